The Labute approximate surface area is 173 Å². The lowest BCUT2D eigenvalue weighted by Crippen LogP contribution is -2.46. The first-order chi connectivity index (χ1) is 13.7. The van der Waals surface area contributed by atoms with Gasteiger partial charge in [-0.25, -0.2) is 4.68 Å². The SMILES string of the molecule is CC(C)c1c(C[N+](C)([O-])C(C)Cc2ccccc2)n(C)n(-c2ccccc2)c1=O. The average Bonchev–Trinajstić information content (AvgIpc) is 2.92. The van der Waals surface area contributed by atoms with Crippen molar-refractivity contribution in [1.82, 2.24) is 9.36 Å². The first kappa shape index (κ1) is 21.1. The molecule has 154 valence electrons. The van der Waals surface area contributed by atoms with Crippen LogP contribution in [0.15, 0.2) is 65.5 Å². The van der Waals surface area contributed by atoms with Crippen LogP contribution in [0.2, 0.25) is 0 Å². The Morgan fingerprint density at radius 2 is 1.52 bits per heavy atom. The summed E-state index contributed by atoms with van der Waals surface area (Å²) in [7, 11) is 3.58. The van der Waals surface area contributed by atoms with Gasteiger partial charge in [0.15, 0.2) is 0 Å². The highest BCUT2D eigenvalue weighted by molar-refractivity contribution is 5.34. The third kappa shape index (κ3) is 4.36. The zero-order valence-electron chi connectivity index (χ0n) is 18.0. The first-order valence-electron chi connectivity index (χ1n) is 10.2. The molecule has 0 bridgehead atoms. The fraction of sp³-hybridized carbons (Fsp3) is 0.375. The molecule has 5 nitrogen and oxygen atoms in total. The summed E-state index contributed by atoms with van der Waals surface area (Å²) in [5.74, 6) is 0.0399. The molecule has 3 rings (SSSR count). The van der Waals surface area contributed by atoms with Crippen LogP contribution in [0.3, 0.4) is 0 Å². The van der Waals surface area contributed by atoms with Gasteiger partial charge in [-0.3, -0.25) is 9.48 Å². The van der Waals surface area contributed by atoms with E-state index >= 15 is 0 Å². The number of quaternary nitrogens is 1. The fourth-order valence-corrected chi connectivity index (χ4v) is 3.90. The molecule has 2 unspecified atom stereocenters. The number of hydrogen-bond donors (Lipinski definition) is 0. The summed E-state index contributed by atoms with van der Waals surface area (Å²) >= 11 is 0. The number of benzene rings is 2. The Balaban J connectivity index is 1.98. The summed E-state index contributed by atoms with van der Waals surface area (Å²) in [4.78, 5) is 13.2. The molecule has 0 N–H and O–H groups in total. The van der Waals surface area contributed by atoms with E-state index in [4.69, 9.17) is 0 Å². The molecule has 1 aromatic heterocycles. The third-order valence-corrected chi connectivity index (χ3v) is 5.77. The van der Waals surface area contributed by atoms with E-state index in [-0.39, 0.29) is 24.1 Å². The van der Waals surface area contributed by atoms with Crippen molar-refractivity contribution in [2.24, 2.45) is 7.05 Å². The quantitative estimate of drug-likeness (QED) is 0.442. The summed E-state index contributed by atoms with van der Waals surface area (Å²) in [5.41, 5.74) is 3.46. The second kappa shape index (κ2) is 8.39. The maximum atomic E-state index is 13.6. The zero-order chi connectivity index (χ0) is 21.2. The van der Waals surface area contributed by atoms with Crippen LogP contribution < -0.4 is 5.56 Å². The Morgan fingerprint density at radius 3 is 2.07 bits per heavy atom. The van der Waals surface area contributed by atoms with Crippen molar-refractivity contribution in [3.63, 3.8) is 0 Å². The van der Waals surface area contributed by atoms with Gasteiger partial charge in [-0.1, -0.05) is 62.4 Å². The molecule has 0 aliphatic heterocycles. The summed E-state index contributed by atoms with van der Waals surface area (Å²) < 4.78 is 3.10. The highest BCUT2D eigenvalue weighted by atomic mass is 16.5. The van der Waals surface area contributed by atoms with Crippen LogP contribution >= 0.6 is 0 Å². The largest absolute Gasteiger partial charge is 0.633 e. The van der Waals surface area contributed by atoms with Crippen molar-refractivity contribution in [2.75, 3.05) is 7.05 Å². The van der Waals surface area contributed by atoms with Crippen LogP contribution in [-0.2, 0) is 20.0 Å². The first-order valence-corrected chi connectivity index (χ1v) is 10.2. The maximum Gasteiger partial charge on any atom is 0.275 e. The van der Waals surface area contributed by atoms with E-state index < -0.39 is 4.65 Å². The van der Waals surface area contributed by atoms with E-state index in [1.165, 1.54) is 0 Å². The lowest BCUT2D eigenvalue weighted by molar-refractivity contribution is -0.897. The molecule has 2 atom stereocenters. The van der Waals surface area contributed by atoms with Gasteiger partial charge in [0.2, 0.25) is 0 Å². The fourth-order valence-electron chi connectivity index (χ4n) is 3.90. The molecule has 0 fully saturated rings. The standard InChI is InChI=1S/C24H31N3O2/c1-18(2)23-22(25(4)26(24(23)28)21-14-10-7-11-15-21)17-27(5,29)19(3)16-20-12-8-6-9-13-20/h6-15,18-19H,16-17H2,1-5H3. The number of hydroxylamine groups is 3. The molecule has 0 radical (unpaired) electrons. The van der Waals surface area contributed by atoms with Crippen molar-refractivity contribution in [3.05, 3.63) is 93.0 Å². The molecule has 2 aromatic carbocycles. The molecular formula is C24H31N3O2. The minimum absolute atomic E-state index is 0.0399. The average molecular weight is 394 g/mol. The summed E-state index contributed by atoms with van der Waals surface area (Å²) in [6, 6.07) is 19.5. The van der Waals surface area contributed by atoms with E-state index in [2.05, 4.69) is 12.1 Å². The van der Waals surface area contributed by atoms with Gasteiger partial charge in [0, 0.05) is 19.0 Å². The summed E-state index contributed by atoms with van der Waals surface area (Å²) in [6.45, 7) is 6.27. The third-order valence-electron chi connectivity index (χ3n) is 5.77. The Bertz CT molecular complexity index is 1000. The zero-order valence-corrected chi connectivity index (χ0v) is 18.0. The molecule has 0 amide bonds. The van der Waals surface area contributed by atoms with Gasteiger partial charge in [-0.05, 0) is 30.5 Å². The molecular weight excluding hydrogens is 362 g/mol. The number of hydrogen-bond acceptors (Lipinski definition) is 2. The predicted molar refractivity (Wildman–Crippen MR) is 118 cm³/mol. The summed E-state index contributed by atoms with van der Waals surface area (Å²) in [6.07, 6.45) is 0.700. The van der Waals surface area contributed by atoms with Crippen molar-refractivity contribution < 1.29 is 4.65 Å². The van der Waals surface area contributed by atoms with Crippen molar-refractivity contribution in [3.8, 4) is 5.69 Å². The molecule has 0 saturated carbocycles. The Morgan fingerprint density at radius 1 is 0.966 bits per heavy atom. The van der Waals surface area contributed by atoms with Gasteiger partial charge in [-0.15, -0.1) is 0 Å². The number of para-hydroxylation sites is 1. The maximum absolute atomic E-state index is 13.6. The molecule has 29 heavy (non-hydrogen) atoms. The smallest absolute Gasteiger partial charge is 0.275 e. The van der Waals surface area contributed by atoms with Crippen LogP contribution in [0.25, 0.3) is 5.69 Å². The van der Waals surface area contributed by atoms with Crippen molar-refractivity contribution in [1.29, 1.82) is 0 Å². The molecule has 3 aromatic rings. The van der Waals surface area contributed by atoms with Crippen molar-refractivity contribution in [2.45, 2.75) is 45.7 Å². The lowest BCUT2D eigenvalue weighted by atomic mass is 10.0. The van der Waals surface area contributed by atoms with Gasteiger partial charge in [0.05, 0.1) is 24.5 Å². The van der Waals surface area contributed by atoms with Crippen LogP contribution in [-0.4, -0.2) is 27.1 Å². The van der Waals surface area contributed by atoms with Crippen LogP contribution in [0.4, 0.5) is 0 Å². The molecule has 0 aliphatic carbocycles. The van der Waals surface area contributed by atoms with Crippen molar-refractivity contribution >= 4 is 0 Å². The monoisotopic (exact) mass is 393 g/mol. The number of likely N-dealkylation sites (N-methyl/N-ethyl adjacent to an activating group) is 1. The molecule has 5 heteroatoms. The lowest BCUT2D eigenvalue weighted by Gasteiger charge is -2.44. The number of nitrogens with zero attached hydrogens (tertiary/aromatic N) is 3. The van der Waals surface area contributed by atoms with E-state index in [0.717, 1.165) is 22.5 Å². The molecule has 0 aliphatic rings. The predicted octanol–water partition coefficient (Wildman–Crippen LogP) is 4.38. The van der Waals surface area contributed by atoms with E-state index in [9.17, 15) is 10.0 Å². The number of aromatic nitrogens is 2. The van der Waals surface area contributed by atoms with Gasteiger partial charge >= 0.3 is 0 Å². The Hall–Kier alpha value is -2.63. The van der Waals surface area contributed by atoms with Gasteiger partial charge in [-0.2, -0.15) is 0 Å². The molecule has 0 spiro atoms. The van der Waals surface area contributed by atoms with Crippen LogP contribution in [0.1, 0.15) is 43.5 Å². The Kier molecular flexibility index (Phi) is 6.10. The van der Waals surface area contributed by atoms with Gasteiger partial charge in [0.25, 0.3) is 5.56 Å². The van der Waals surface area contributed by atoms with E-state index in [1.807, 2.05) is 81.0 Å². The topological polar surface area (TPSA) is 50.0 Å². The summed E-state index contributed by atoms with van der Waals surface area (Å²) in [5, 5.41) is 13.6. The normalized spacial score (nSPS) is 14.7. The van der Waals surface area contributed by atoms with E-state index in [0.29, 0.717) is 6.42 Å². The van der Waals surface area contributed by atoms with Gasteiger partial charge in [0.1, 0.15) is 6.54 Å². The van der Waals surface area contributed by atoms with Crippen LogP contribution in [0.5, 0.6) is 0 Å². The minimum Gasteiger partial charge on any atom is -0.633 e. The highest BCUT2D eigenvalue weighted by Crippen LogP contribution is 2.24. The van der Waals surface area contributed by atoms with Crippen LogP contribution in [0, 0.1) is 5.21 Å². The minimum atomic E-state index is -0.430. The second-order valence-electron chi connectivity index (χ2n) is 8.36. The van der Waals surface area contributed by atoms with E-state index in [1.54, 1.807) is 11.7 Å². The highest BCUT2D eigenvalue weighted by Gasteiger charge is 2.28. The molecule has 1 heterocycles. The van der Waals surface area contributed by atoms with Gasteiger partial charge < -0.3 is 9.85 Å². The molecule has 0 saturated heterocycles. The number of rotatable bonds is 7. The second-order valence-corrected chi connectivity index (χ2v) is 8.36.